The Morgan fingerprint density at radius 2 is 1.92 bits per heavy atom. The molecule has 2 aliphatic carbocycles. The summed E-state index contributed by atoms with van der Waals surface area (Å²) in [6.07, 6.45) is 5.58. The maximum atomic E-state index is 12.0. The molecule has 2 unspecified atom stereocenters. The number of esters is 1. The first-order chi connectivity index (χ1) is 11.1. The summed E-state index contributed by atoms with van der Waals surface area (Å²) in [5, 5.41) is 0. The van der Waals surface area contributed by atoms with Crippen molar-refractivity contribution in [1.82, 2.24) is 0 Å². The first kappa shape index (κ1) is 18.0. The number of hydrogen-bond donors (Lipinski definition) is 0. The van der Waals surface area contributed by atoms with Gasteiger partial charge in [0, 0.05) is 0 Å². The van der Waals surface area contributed by atoms with Crippen molar-refractivity contribution in [1.29, 1.82) is 0 Å². The van der Waals surface area contributed by atoms with Crippen LogP contribution < -0.4 is 0 Å². The van der Waals surface area contributed by atoms with E-state index in [0.717, 1.165) is 19.3 Å². The molecule has 4 atom stereocenters. The lowest BCUT2D eigenvalue weighted by atomic mass is 9.76. The second-order valence-electron chi connectivity index (χ2n) is 8.73. The van der Waals surface area contributed by atoms with Crippen LogP contribution in [0.25, 0.3) is 0 Å². The van der Waals surface area contributed by atoms with E-state index >= 15 is 0 Å². The SMILES string of the molecule is CCOC(=O)C(C)C1C[C@H]2CC(B3OC(C)(C)C(C)(C)O3)=C[C@H]2C1. The van der Waals surface area contributed by atoms with Crippen LogP contribution in [0.5, 0.6) is 0 Å². The van der Waals surface area contributed by atoms with Crippen molar-refractivity contribution in [3.63, 3.8) is 0 Å². The van der Waals surface area contributed by atoms with Crippen LogP contribution in [0.15, 0.2) is 11.5 Å². The molecule has 4 nitrogen and oxygen atoms in total. The molecule has 0 amide bonds. The standard InChI is InChI=1S/C19H31BO4/c1-7-22-17(21)12(2)13-8-14-10-16(11-15(14)9-13)20-23-18(3,4)19(5,6)24-20/h10,12-15H,7-9,11H2,1-6H3/t12?,13?,14-,15+/m1/s1. The molecule has 0 aromatic rings. The third-order valence-electron chi connectivity index (χ3n) is 6.63. The van der Waals surface area contributed by atoms with Gasteiger partial charge >= 0.3 is 13.1 Å². The Balaban J connectivity index is 1.62. The van der Waals surface area contributed by atoms with Crippen LogP contribution in [0.2, 0.25) is 0 Å². The largest absolute Gasteiger partial charge is 0.490 e. The first-order valence-electron chi connectivity index (χ1n) is 9.37. The number of rotatable bonds is 4. The van der Waals surface area contributed by atoms with E-state index in [0.29, 0.717) is 24.4 Å². The lowest BCUT2D eigenvalue weighted by molar-refractivity contribution is -0.149. The molecule has 0 N–H and O–H groups in total. The third kappa shape index (κ3) is 3.05. The van der Waals surface area contributed by atoms with Crippen molar-refractivity contribution in [2.45, 2.75) is 72.0 Å². The average molecular weight is 334 g/mol. The van der Waals surface area contributed by atoms with Gasteiger partial charge in [-0.1, -0.05) is 13.0 Å². The van der Waals surface area contributed by atoms with E-state index in [1.807, 2.05) is 13.8 Å². The van der Waals surface area contributed by atoms with E-state index in [1.165, 1.54) is 5.47 Å². The Bertz CT molecular complexity index is 523. The Hall–Kier alpha value is -0.805. The number of fused-ring (bicyclic) bond motifs is 1. The second-order valence-corrected chi connectivity index (χ2v) is 8.73. The minimum Gasteiger partial charge on any atom is -0.466 e. The number of allylic oxidation sites excluding steroid dienone is 2. The van der Waals surface area contributed by atoms with Crippen LogP contribution in [0.3, 0.4) is 0 Å². The molecular formula is C19H31BO4. The fraction of sp³-hybridized carbons (Fsp3) is 0.842. The van der Waals surface area contributed by atoms with Crippen LogP contribution in [0.4, 0.5) is 0 Å². The molecule has 3 aliphatic rings. The molecule has 0 bridgehead atoms. The van der Waals surface area contributed by atoms with Gasteiger partial charge in [0.25, 0.3) is 0 Å². The number of carbonyl (C=O) groups is 1. The van der Waals surface area contributed by atoms with Gasteiger partial charge in [-0.05, 0) is 77.1 Å². The number of hydrogen-bond acceptors (Lipinski definition) is 4. The summed E-state index contributed by atoms with van der Waals surface area (Å²) in [7, 11) is -0.207. The molecule has 24 heavy (non-hydrogen) atoms. The molecule has 0 radical (unpaired) electrons. The molecule has 1 aliphatic heterocycles. The molecule has 0 aromatic carbocycles. The van der Waals surface area contributed by atoms with Gasteiger partial charge in [0.05, 0.1) is 23.7 Å². The van der Waals surface area contributed by atoms with Crippen molar-refractivity contribution in [3.05, 3.63) is 11.5 Å². The summed E-state index contributed by atoms with van der Waals surface area (Å²) in [6, 6.07) is 0. The zero-order valence-corrected chi connectivity index (χ0v) is 15.9. The topological polar surface area (TPSA) is 44.8 Å². The molecular weight excluding hydrogens is 303 g/mol. The highest BCUT2D eigenvalue weighted by Gasteiger charge is 2.54. The van der Waals surface area contributed by atoms with Crippen molar-refractivity contribution in [2.24, 2.45) is 23.7 Å². The summed E-state index contributed by atoms with van der Waals surface area (Å²) in [5.74, 6) is 1.58. The molecule has 2 fully saturated rings. The van der Waals surface area contributed by atoms with E-state index in [-0.39, 0.29) is 30.2 Å². The second kappa shape index (κ2) is 6.17. The fourth-order valence-electron chi connectivity index (χ4n) is 4.33. The minimum absolute atomic E-state index is 0.00393. The Morgan fingerprint density at radius 3 is 2.46 bits per heavy atom. The summed E-state index contributed by atoms with van der Waals surface area (Å²) in [6.45, 7) is 12.7. The Morgan fingerprint density at radius 1 is 1.29 bits per heavy atom. The monoisotopic (exact) mass is 334 g/mol. The van der Waals surface area contributed by atoms with Gasteiger partial charge in [-0.15, -0.1) is 0 Å². The van der Waals surface area contributed by atoms with Crippen molar-refractivity contribution in [3.8, 4) is 0 Å². The van der Waals surface area contributed by atoms with Gasteiger partial charge in [-0.3, -0.25) is 4.79 Å². The summed E-state index contributed by atoms with van der Waals surface area (Å²) < 4.78 is 17.6. The van der Waals surface area contributed by atoms with Gasteiger partial charge in [0.15, 0.2) is 0 Å². The van der Waals surface area contributed by atoms with Crippen LogP contribution in [0, 0.1) is 23.7 Å². The third-order valence-corrected chi connectivity index (χ3v) is 6.63. The molecule has 1 saturated carbocycles. The summed E-state index contributed by atoms with van der Waals surface area (Å²) in [4.78, 5) is 12.0. The maximum Gasteiger partial charge on any atom is 0.490 e. The minimum atomic E-state index is -0.281. The molecule has 5 heteroatoms. The van der Waals surface area contributed by atoms with Crippen molar-refractivity contribution in [2.75, 3.05) is 6.61 Å². The average Bonchev–Trinajstić information content (AvgIpc) is 3.08. The van der Waals surface area contributed by atoms with E-state index < -0.39 is 0 Å². The van der Waals surface area contributed by atoms with E-state index in [1.54, 1.807) is 0 Å². The Labute approximate surface area is 146 Å². The number of carbonyl (C=O) groups excluding carboxylic acids is 1. The zero-order valence-electron chi connectivity index (χ0n) is 15.9. The molecule has 0 aromatic heterocycles. The highest BCUT2D eigenvalue weighted by atomic mass is 16.7. The molecule has 0 spiro atoms. The summed E-state index contributed by atoms with van der Waals surface area (Å²) in [5.41, 5.74) is 0.736. The van der Waals surface area contributed by atoms with Gasteiger partial charge in [0.1, 0.15) is 0 Å². The van der Waals surface area contributed by atoms with E-state index in [4.69, 9.17) is 14.0 Å². The van der Waals surface area contributed by atoms with Gasteiger partial charge in [-0.25, -0.2) is 0 Å². The maximum absolute atomic E-state index is 12.0. The van der Waals surface area contributed by atoms with Crippen LogP contribution in [-0.4, -0.2) is 30.9 Å². The van der Waals surface area contributed by atoms with Gasteiger partial charge in [-0.2, -0.15) is 0 Å². The molecule has 1 saturated heterocycles. The predicted molar refractivity (Wildman–Crippen MR) is 94.3 cm³/mol. The van der Waals surface area contributed by atoms with Crippen LogP contribution >= 0.6 is 0 Å². The lowest BCUT2D eigenvalue weighted by Gasteiger charge is -2.32. The quantitative estimate of drug-likeness (QED) is 0.580. The predicted octanol–water partition coefficient (Wildman–Crippen LogP) is 3.79. The first-order valence-corrected chi connectivity index (χ1v) is 9.37. The van der Waals surface area contributed by atoms with Gasteiger partial charge < -0.3 is 14.0 Å². The fourth-order valence-corrected chi connectivity index (χ4v) is 4.33. The molecule has 1 heterocycles. The van der Waals surface area contributed by atoms with Crippen LogP contribution in [0.1, 0.15) is 60.8 Å². The van der Waals surface area contributed by atoms with Crippen molar-refractivity contribution >= 4 is 13.1 Å². The highest BCUT2D eigenvalue weighted by molar-refractivity contribution is 6.54. The smallest absolute Gasteiger partial charge is 0.466 e. The number of ether oxygens (including phenoxy) is 1. The lowest BCUT2D eigenvalue weighted by Crippen LogP contribution is -2.41. The Kier molecular flexibility index (Phi) is 4.63. The molecule has 3 rings (SSSR count). The highest BCUT2D eigenvalue weighted by Crippen LogP contribution is 2.50. The van der Waals surface area contributed by atoms with E-state index in [2.05, 4.69) is 33.8 Å². The summed E-state index contributed by atoms with van der Waals surface area (Å²) >= 11 is 0. The molecule has 134 valence electrons. The van der Waals surface area contributed by atoms with Gasteiger partial charge in [0.2, 0.25) is 0 Å². The van der Waals surface area contributed by atoms with Crippen molar-refractivity contribution < 1.29 is 18.8 Å². The van der Waals surface area contributed by atoms with E-state index in [9.17, 15) is 4.79 Å². The normalized spacial score (nSPS) is 34.8. The van der Waals surface area contributed by atoms with Crippen LogP contribution in [-0.2, 0) is 18.8 Å². The zero-order chi connectivity index (χ0) is 17.7.